The molecule has 2 aromatic rings. The number of anilines is 1. The average molecular weight is 266 g/mol. The van der Waals surface area contributed by atoms with E-state index in [1.807, 2.05) is 6.92 Å². The van der Waals surface area contributed by atoms with Crippen molar-refractivity contribution in [2.45, 2.75) is 20.8 Å². The monoisotopic (exact) mass is 265 g/mol. The average Bonchev–Trinajstić information content (AvgIpc) is 2.63. The van der Waals surface area contributed by atoms with Crippen LogP contribution in [0.4, 0.5) is 5.69 Å². The van der Waals surface area contributed by atoms with Crippen molar-refractivity contribution in [3.63, 3.8) is 0 Å². The molecule has 0 saturated carbocycles. The number of hydrogen-bond acceptors (Lipinski definition) is 4. The number of aryl methyl sites for hydroxylation is 3. The van der Waals surface area contributed by atoms with Crippen molar-refractivity contribution in [2.75, 3.05) is 5.32 Å². The molecule has 0 aliphatic heterocycles. The number of hydrogen-bond donors (Lipinski definition) is 1. The summed E-state index contributed by atoms with van der Waals surface area (Å²) in [5.74, 6) is 0.254. The van der Waals surface area contributed by atoms with E-state index in [2.05, 4.69) is 15.3 Å². The normalized spacial score (nSPS) is 10.4. The van der Waals surface area contributed by atoms with Gasteiger partial charge in [0.15, 0.2) is 11.0 Å². The molecule has 0 atom stereocenters. The summed E-state index contributed by atoms with van der Waals surface area (Å²) < 4.78 is 5.24. The van der Waals surface area contributed by atoms with Crippen molar-refractivity contribution >= 4 is 23.2 Å². The molecule has 0 fully saturated rings. The molecule has 0 spiro atoms. The highest BCUT2D eigenvalue weighted by Crippen LogP contribution is 2.23. The Morgan fingerprint density at radius 1 is 1.39 bits per heavy atom. The van der Waals surface area contributed by atoms with Gasteiger partial charge in [0.1, 0.15) is 0 Å². The van der Waals surface area contributed by atoms with Crippen LogP contribution in [0.2, 0.25) is 5.15 Å². The standard InChI is InChI=1S/C12H12ClN3O2/c1-6-4-5-14-11(13)9(6)16-12(17)10-7(2)15-8(3)18-10/h4-5H,1-3H3,(H,16,17). The summed E-state index contributed by atoms with van der Waals surface area (Å²) in [7, 11) is 0. The third kappa shape index (κ3) is 2.36. The Bertz CT molecular complexity index is 587. The number of nitrogens with zero attached hydrogens (tertiary/aromatic N) is 2. The van der Waals surface area contributed by atoms with Gasteiger partial charge in [-0.05, 0) is 25.5 Å². The molecule has 2 rings (SSSR count). The molecule has 6 heteroatoms. The van der Waals surface area contributed by atoms with Crippen LogP contribution < -0.4 is 5.32 Å². The second-order valence-electron chi connectivity index (χ2n) is 3.90. The number of pyridine rings is 1. The van der Waals surface area contributed by atoms with Crippen LogP contribution >= 0.6 is 11.6 Å². The van der Waals surface area contributed by atoms with Gasteiger partial charge in [-0.3, -0.25) is 4.79 Å². The highest BCUT2D eigenvalue weighted by molar-refractivity contribution is 6.32. The first-order chi connectivity index (χ1) is 8.49. The fourth-order valence-electron chi connectivity index (χ4n) is 1.59. The van der Waals surface area contributed by atoms with Crippen LogP contribution in [-0.4, -0.2) is 15.9 Å². The van der Waals surface area contributed by atoms with Crippen molar-refractivity contribution in [1.82, 2.24) is 9.97 Å². The Morgan fingerprint density at radius 3 is 2.67 bits per heavy atom. The molecule has 0 radical (unpaired) electrons. The largest absolute Gasteiger partial charge is 0.436 e. The van der Waals surface area contributed by atoms with Gasteiger partial charge < -0.3 is 9.73 Å². The molecular weight excluding hydrogens is 254 g/mol. The van der Waals surface area contributed by atoms with Crippen LogP contribution in [0.5, 0.6) is 0 Å². The van der Waals surface area contributed by atoms with Crippen molar-refractivity contribution < 1.29 is 9.21 Å². The lowest BCUT2D eigenvalue weighted by Gasteiger charge is -2.08. The molecule has 0 aromatic carbocycles. The minimum Gasteiger partial charge on any atom is -0.436 e. The number of carbonyl (C=O) groups is 1. The molecular formula is C12H12ClN3O2. The Hall–Kier alpha value is -1.88. The zero-order valence-electron chi connectivity index (χ0n) is 10.2. The first-order valence-corrected chi connectivity index (χ1v) is 5.73. The van der Waals surface area contributed by atoms with Crippen LogP contribution in [0.25, 0.3) is 0 Å². The molecule has 2 heterocycles. The fraction of sp³-hybridized carbons (Fsp3) is 0.250. The molecule has 0 unspecified atom stereocenters. The Morgan fingerprint density at radius 2 is 2.11 bits per heavy atom. The summed E-state index contributed by atoms with van der Waals surface area (Å²) in [5.41, 5.74) is 1.86. The van der Waals surface area contributed by atoms with Gasteiger partial charge in [-0.25, -0.2) is 9.97 Å². The maximum atomic E-state index is 12.0. The lowest BCUT2D eigenvalue weighted by molar-refractivity contribution is 0.0994. The van der Waals surface area contributed by atoms with E-state index >= 15 is 0 Å². The first kappa shape index (κ1) is 12.6. The van der Waals surface area contributed by atoms with Gasteiger partial charge in [0, 0.05) is 13.1 Å². The lowest BCUT2D eigenvalue weighted by atomic mass is 10.2. The van der Waals surface area contributed by atoms with Crippen LogP contribution in [-0.2, 0) is 0 Å². The third-order valence-corrected chi connectivity index (χ3v) is 2.75. The Balaban J connectivity index is 2.30. The van der Waals surface area contributed by atoms with Gasteiger partial charge >= 0.3 is 0 Å². The molecule has 0 saturated heterocycles. The van der Waals surface area contributed by atoms with E-state index in [4.69, 9.17) is 16.0 Å². The van der Waals surface area contributed by atoms with Crippen LogP contribution in [0.15, 0.2) is 16.7 Å². The van der Waals surface area contributed by atoms with E-state index in [9.17, 15) is 4.79 Å². The van der Waals surface area contributed by atoms with Crippen LogP contribution in [0, 0.1) is 20.8 Å². The number of carbonyl (C=O) groups excluding carboxylic acids is 1. The molecule has 0 bridgehead atoms. The van der Waals surface area contributed by atoms with E-state index in [0.29, 0.717) is 17.3 Å². The third-order valence-electron chi connectivity index (χ3n) is 2.46. The van der Waals surface area contributed by atoms with Gasteiger partial charge in [0.05, 0.1) is 11.4 Å². The maximum absolute atomic E-state index is 12.0. The first-order valence-electron chi connectivity index (χ1n) is 5.35. The van der Waals surface area contributed by atoms with Crippen molar-refractivity contribution in [1.29, 1.82) is 0 Å². The zero-order chi connectivity index (χ0) is 13.3. The highest BCUT2D eigenvalue weighted by Gasteiger charge is 2.18. The number of amides is 1. The highest BCUT2D eigenvalue weighted by atomic mass is 35.5. The van der Waals surface area contributed by atoms with Gasteiger partial charge in [-0.15, -0.1) is 0 Å². The predicted octanol–water partition coefficient (Wildman–Crippen LogP) is 2.90. The lowest BCUT2D eigenvalue weighted by Crippen LogP contribution is -2.14. The number of nitrogens with one attached hydrogen (secondary N) is 1. The SMILES string of the molecule is Cc1nc(C)c(C(=O)Nc2c(C)ccnc2Cl)o1. The molecule has 18 heavy (non-hydrogen) atoms. The van der Waals surface area contributed by atoms with E-state index in [0.717, 1.165) is 5.56 Å². The minimum atomic E-state index is -0.383. The van der Waals surface area contributed by atoms with Gasteiger partial charge in [-0.1, -0.05) is 11.6 Å². The summed E-state index contributed by atoms with van der Waals surface area (Å²) in [4.78, 5) is 20.0. The topological polar surface area (TPSA) is 68.0 Å². The number of rotatable bonds is 2. The fourth-order valence-corrected chi connectivity index (χ4v) is 1.84. The van der Waals surface area contributed by atoms with Crippen LogP contribution in [0.1, 0.15) is 27.7 Å². The zero-order valence-corrected chi connectivity index (χ0v) is 11.0. The Kier molecular flexibility index (Phi) is 3.34. The maximum Gasteiger partial charge on any atom is 0.293 e. The summed E-state index contributed by atoms with van der Waals surface area (Å²) in [6, 6.07) is 1.76. The van der Waals surface area contributed by atoms with E-state index in [1.54, 1.807) is 26.1 Å². The number of aromatic nitrogens is 2. The van der Waals surface area contributed by atoms with E-state index in [-0.39, 0.29) is 16.8 Å². The van der Waals surface area contributed by atoms with Crippen molar-refractivity contribution in [2.24, 2.45) is 0 Å². The molecule has 5 nitrogen and oxygen atoms in total. The second-order valence-corrected chi connectivity index (χ2v) is 4.25. The predicted molar refractivity (Wildman–Crippen MR) is 67.9 cm³/mol. The molecule has 1 amide bonds. The molecule has 0 aliphatic carbocycles. The Labute approximate surface area is 109 Å². The molecule has 0 aliphatic rings. The van der Waals surface area contributed by atoms with Gasteiger partial charge in [-0.2, -0.15) is 0 Å². The van der Waals surface area contributed by atoms with E-state index < -0.39 is 0 Å². The summed E-state index contributed by atoms with van der Waals surface area (Å²) in [6.45, 7) is 5.23. The van der Waals surface area contributed by atoms with Crippen molar-refractivity contribution in [3.8, 4) is 0 Å². The molecule has 94 valence electrons. The number of halogens is 1. The quantitative estimate of drug-likeness (QED) is 0.848. The van der Waals surface area contributed by atoms with Gasteiger partial charge in [0.25, 0.3) is 5.91 Å². The summed E-state index contributed by atoms with van der Waals surface area (Å²) >= 11 is 5.93. The smallest absolute Gasteiger partial charge is 0.293 e. The summed E-state index contributed by atoms with van der Waals surface area (Å²) in [6.07, 6.45) is 1.58. The molecule has 2 aromatic heterocycles. The van der Waals surface area contributed by atoms with Gasteiger partial charge in [0.2, 0.25) is 5.76 Å². The number of oxazole rings is 1. The minimum absolute atomic E-state index is 0.187. The van der Waals surface area contributed by atoms with Crippen LogP contribution in [0.3, 0.4) is 0 Å². The molecule has 1 N–H and O–H groups in total. The van der Waals surface area contributed by atoms with Crippen molar-refractivity contribution in [3.05, 3.63) is 40.3 Å². The summed E-state index contributed by atoms with van der Waals surface area (Å²) in [5, 5.41) is 2.93. The second kappa shape index (κ2) is 4.78. The van der Waals surface area contributed by atoms with E-state index in [1.165, 1.54) is 0 Å².